The van der Waals surface area contributed by atoms with E-state index in [0.29, 0.717) is 12.2 Å². The average molecular weight is 296 g/mol. The van der Waals surface area contributed by atoms with E-state index in [0.717, 1.165) is 31.6 Å². The number of para-hydroxylation sites is 1. The maximum Gasteiger partial charge on any atom is 0.225 e. The van der Waals surface area contributed by atoms with Crippen molar-refractivity contribution in [3.63, 3.8) is 0 Å². The summed E-state index contributed by atoms with van der Waals surface area (Å²) >= 11 is 0. The van der Waals surface area contributed by atoms with Crippen LogP contribution in [0.1, 0.15) is 31.7 Å². The lowest BCUT2D eigenvalue weighted by Gasteiger charge is -2.29. The summed E-state index contributed by atoms with van der Waals surface area (Å²) in [6, 6.07) is 12.1. The Balaban J connectivity index is 1.78. The van der Waals surface area contributed by atoms with E-state index in [1.807, 2.05) is 25.1 Å². The molecule has 5 heteroatoms. The smallest absolute Gasteiger partial charge is 0.225 e. The average Bonchev–Trinajstić information content (AvgIpc) is 2.55. The van der Waals surface area contributed by atoms with E-state index in [1.165, 1.54) is 11.3 Å². The minimum atomic E-state index is -0.0205. The maximum atomic E-state index is 11.6. The minimum absolute atomic E-state index is 0.0205. The third kappa shape index (κ3) is 3.08. The van der Waals surface area contributed by atoms with Crippen LogP contribution in [0.3, 0.4) is 0 Å². The molecule has 0 atom stereocenters. The number of amides is 1. The lowest BCUT2D eigenvalue weighted by Crippen LogP contribution is -2.25. The first-order chi connectivity index (χ1) is 10.8. The summed E-state index contributed by atoms with van der Waals surface area (Å²) in [6.07, 6.45) is 3.53. The molecule has 22 heavy (non-hydrogen) atoms. The second-order valence-corrected chi connectivity index (χ2v) is 5.46. The van der Waals surface area contributed by atoms with E-state index in [9.17, 15) is 4.79 Å². The van der Waals surface area contributed by atoms with Crippen molar-refractivity contribution in [3.8, 4) is 0 Å². The Bertz CT molecular complexity index is 654. The summed E-state index contributed by atoms with van der Waals surface area (Å²) in [7, 11) is 0. The topological polar surface area (TPSA) is 58.1 Å². The largest absolute Gasteiger partial charge is 0.325 e. The van der Waals surface area contributed by atoms with Gasteiger partial charge in [-0.2, -0.15) is 0 Å². The van der Waals surface area contributed by atoms with E-state index in [2.05, 4.69) is 38.6 Å². The van der Waals surface area contributed by atoms with Gasteiger partial charge in [0.25, 0.3) is 0 Å². The predicted octanol–water partition coefficient (Wildman–Crippen LogP) is 3.30. The van der Waals surface area contributed by atoms with Gasteiger partial charge in [-0.25, -0.2) is 0 Å². The fraction of sp³-hybridized carbons (Fsp3) is 0.353. The highest BCUT2D eigenvalue weighted by Gasteiger charge is 2.18. The molecule has 5 nitrogen and oxygen atoms in total. The van der Waals surface area contributed by atoms with Gasteiger partial charge in [0.1, 0.15) is 0 Å². The van der Waals surface area contributed by atoms with Gasteiger partial charge in [-0.05, 0) is 43.0 Å². The molecule has 0 unspecified atom stereocenters. The number of carbonyl (C=O) groups excluding carboxylic acids is 1. The van der Waals surface area contributed by atoms with Crippen LogP contribution >= 0.6 is 0 Å². The molecule has 0 spiro atoms. The van der Waals surface area contributed by atoms with Gasteiger partial charge in [-0.15, -0.1) is 10.2 Å². The Hall–Kier alpha value is -2.43. The normalized spacial score (nSPS) is 13.6. The third-order valence-electron chi connectivity index (χ3n) is 3.78. The van der Waals surface area contributed by atoms with Crippen molar-refractivity contribution >= 4 is 23.2 Å². The Morgan fingerprint density at radius 2 is 2.09 bits per heavy atom. The molecule has 1 amide bonds. The summed E-state index contributed by atoms with van der Waals surface area (Å²) in [4.78, 5) is 13.8. The van der Waals surface area contributed by atoms with Crippen molar-refractivity contribution in [1.82, 2.24) is 10.2 Å². The molecular weight excluding hydrogens is 276 g/mol. The molecule has 0 radical (unpaired) electrons. The van der Waals surface area contributed by atoms with E-state index >= 15 is 0 Å². The lowest BCUT2D eigenvalue weighted by molar-refractivity contribution is -0.116. The van der Waals surface area contributed by atoms with Crippen LogP contribution in [0.5, 0.6) is 0 Å². The quantitative estimate of drug-likeness (QED) is 0.940. The first kappa shape index (κ1) is 14.5. The number of benzene rings is 1. The highest BCUT2D eigenvalue weighted by atomic mass is 16.1. The van der Waals surface area contributed by atoms with Gasteiger partial charge in [0.05, 0.1) is 0 Å². The number of anilines is 3. The van der Waals surface area contributed by atoms with Crippen molar-refractivity contribution < 1.29 is 4.79 Å². The van der Waals surface area contributed by atoms with E-state index in [-0.39, 0.29) is 5.91 Å². The number of carbonyl (C=O) groups is 1. The summed E-state index contributed by atoms with van der Waals surface area (Å²) in [5.74, 6) is 1.31. The molecule has 1 aromatic heterocycles. The van der Waals surface area contributed by atoms with Crippen LogP contribution in [0.2, 0.25) is 0 Å². The molecule has 1 N–H and O–H groups in total. The Morgan fingerprint density at radius 3 is 2.86 bits per heavy atom. The molecule has 1 aliphatic heterocycles. The fourth-order valence-electron chi connectivity index (χ4n) is 2.74. The summed E-state index contributed by atoms with van der Waals surface area (Å²) in [5.41, 5.74) is 2.54. The second kappa shape index (κ2) is 6.56. The van der Waals surface area contributed by atoms with E-state index in [4.69, 9.17) is 0 Å². The van der Waals surface area contributed by atoms with Gasteiger partial charge in [0, 0.05) is 18.7 Å². The highest BCUT2D eigenvalue weighted by molar-refractivity contribution is 5.89. The zero-order valence-electron chi connectivity index (χ0n) is 12.7. The number of nitrogens with one attached hydrogen (secondary N) is 1. The number of hydrogen-bond acceptors (Lipinski definition) is 4. The number of aromatic nitrogens is 2. The molecule has 1 aliphatic rings. The summed E-state index contributed by atoms with van der Waals surface area (Å²) in [5, 5.41) is 11.2. The molecule has 114 valence electrons. The summed E-state index contributed by atoms with van der Waals surface area (Å²) < 4.78 is 0. The lowest BCUT2D eigenvalue weighted by atomic mass is 10.0. The van der Waals surface area contributed by atoms with Gasteiger partial charge >= 0.3 is 0 Å². The first-order valence-corrected chi connectivity index (χ1v) is 7.77. The number of aryl methyl sites for hydroxylation is 1. The van der Waals surface area contributed by atoms with Crippen LogP contribution in [-0.4, -0.2) is 22.6 Å². The van der Waals surface area contributed by atoms with Gasteiger partial charge in [-0.3, -0.25) is 4.79 Å². The molecule has 1 aromatic carbocycles. The molecule has 0 saturated carbocycles. The van der Waals surface area contributed by atoms with Gasteiger partial charge in [0.15, 0.2) is 11.6 Å². The predicted molar refractivity (Wildman–Crippen MR) is 87.3 cm³/mol. The number of rotatable bonds is 4. The Kier molecular flexibility index (Phi) is 4.32. The van der Waals surface area contributed by atoms with Gasteiger partial charge < -0.3 is 10.2 Å². The van der Waals surface area contributed by atoms with Crippen LogP contribution < -0.4 is 10.2 Å². The van der Waals surface area contributed by atoms with Crippen LogP contribution in [0.4, 0.5) is 17.3 Å². The van der Waals surface area contributed by atoms with E-state index in [1.54, 1.807) is 0 Å². The van der Waals surface area contributed by atoms with E-state index < -0.39 is 0 Å². The standard InChI is InChI=1S/C17H20N4O/c1-2-6-17(22)18-15-10-11-16(20-19-15)21-12-5-8-13-7-3-4-9-14(13)21/h3-4,7,9-11H,2,5-6,8,12H2,1H3,(H,18,19,22). The SMILES string of the molecule is CCCC(=O)Nc1ccc(N2CCCc3ccccc32)nn1. The van der Waals surface area contributed by atoms with Crippen LogP contribution in [-0.2, 0) is 11.2 Å². The molecule has 0 aliphatic carbocycles. The second-order valence-electron chi connectivity index (χ2n) is 5.46. The van der Waals surface area contributed by atoms with Crippen molar-refractivity contribution in [2.24, 2.45) is 0 Å². The highest BCUT2D eigenvalue weighted by Crippen LogP contribution is 2.31. The number of fused-ring (bicyclic) bond motifs is 1. The minimum Gasteiger partial charge on any atom is -0.325 e. The Morgan fingerprint density at radius 1 is 1.23 bits per heavy atom. The van der Waals surface area contributed by atoms with Crippen LogP contribution in [0.25, 0.3) is 0 Å². The van der Waals surface area contributed by atoms with Crippen molar-refractivity contribution in [1.29, 1.82) is 0 Å². The maximum absolute atomic E-state index is 11.6. The van der Waals surface area contributed by atoms with Crippen molar-refractivity contribution in [2.75, 3.05) is 16.8 Å². The van der Waals surface area contributed by atoms with Crippen LogP contribution in [0.15, 0.2) is 36.4 Å². The Labute approximate surface area is 130 Å². The van der Waals surface area contributed by atoms with Crippen LogP contribution in [0, 0.1) is 0 Å². The third-order valence-corrected chi connectivity index (χ3v) is 3.78. The molecule has 0 fully saturated rings. The van der Waals surface area contributed by atoms with Crippen molar-refractivity contribution in [3.05, 3.63) is 42.0 Å². The molecule has 2 heterocycles. The van der Waals surface area contributed by atoms with Gasteiger partial charge in [-0.1, -0.05) is 25.1 Å². The molecule has 0 saturated heterocycles. The first-order valence-electron chi connectivity index (χ1n) is 7.77. The summed E-state index contributed by atoms with van der Waals surface area (Å²) in [6.45, 7) is 2.91. The van der Waals surface area contributed by atoms with Crippen molar-refractivity contribution in [2.45, 2.75) is 32.6 Å². The molecule has 3 rings (SSSR count). The zero-order chi connectivity index (χ0) is 15.4. The monoisotopic (exact) mass is 296 g/mol. The molecular formula is C17H20N4O. The fourth-order valence-corrected chi connectivity index (χ4v) is 2.74. The number of hydrogen-bond donors (Lipinski definition) is 1. The zero-order valence-corrected chi connectivity index (χ0v) is 12.7. The molecule has 2 aromatic rings. The number of nitrogens with zero attached hydrogens (tertiary/aromatic N) is 3. The molecule has 0 bridgehead atoms. The van der Waals surface area contributed by atoms with Gasteiger partial charge in [0.2, 0.25) is 5.91 Å².